The quantitative estimate of drug-likeness (QED) is 0.671. The number of pyridine rings is 1. The van der Waals surface area contributed by atoms with E-state index in [2.05, 4.69) is 15.2 Å². The van der Waals surface area contributed by atoms with Gasteiger partial charge in [-0.2, -0.15) is 0 Å². The summed E-state index contributed by atoms with van der Waals surface area (Å²) in [6.45, 7) is 5.26. The molecule has 24 heavy (non-hydrogen) atoms. The third kappa shape index (κ3) is 3.80. The minimum Gasteiger partial charge on any atom is -0.378 e. The molecule has 0 saturated carbocycles. The van der Waals surface area contributed by atoms with Gasteiger partial charge >= 0.3 is 0 Å². The number of hydrogen-bond acceptors (Lipinski definition) is 6. The number of ether oxygens (including phenoxy) is 1. The van der Waals surface area contributed by atoms with Crippen molar-refractivity contribution in [2.45, 2.75) is 13.0 Å². The topological polar surface area (TPSA) is 80.5 Å². The van der Waals surface area contributed by atoms with Gasteiger partial charge < -0.3 is 15.0 Å². The number of nitro groups is 1. The number of morpholine rings is 1. The average Bonchev–Trinajstić information content (AvgIpc) is 2.63. The molecule has 3 rings (SSSR count). The summed E-state index contributed by atoms with van der Waals surface area (Å²) in [5.74, 6) is 0.776. The third-order valence-corrected chi connectivity index (χ3v) is 4.09. The van der Waals surface area contributed by atoms with E-state index in [-0.39, 0.29) is 11.7 Å². The number of rotatable bonds is 5. The Morgan fingerprint density at radius 3 is 2.50 bits per heavy atom. The van der Waals surface area contributed by atoms with E-state index in [0.29, 0.717) is 0 Å². The first kappa shape index (κ1) is 16.2. The molecule has 1 aromatic heterocycles. The van der Waals surface area contributed by atoms with Crippen molar-refractivity contribution < 1.29 is 9.66 Å². The molecule has 126 valence electrons. The van der Waals surface area contributed by atoms with Crippen molar-refractivity contribution in [2.75, 3.05) is 36.5 Å². The van der Waals surface area contributed by atoms with Gasteiger partial charge in [-0.1, -0.05) is 12.1 Å². The van der Waals surface area contributed by atoms with Crippen LogP contribution in [0.3, 0.4) is 0 Å². The molecule has 2 heterocycles. The molecule has 0 spiro atoms. The number of anilines is 2. The van der Waals surface area contributed by atoms with E-state index in [4.69, 9.17) is 4.74 Å². The lowest BCUT2D eigenvalue weighted by Gasteiger charge is -2.28. The van der Waals surface area contributed by atoms with Crippen LogP contribution in [0.4, 0.5) is 17.2 Å². The van der Waals surface area contributed by atoms with Gasteiger partial charge in [-0.25, -0.2) is 4.98 Å². The Morgan fingerprint density at radius 2 is 1.92 bits per heavy atom. The van der Waals surface area contributed by atoms with Crippen molar-refractivity contribution in [1.29, 1.82) is 0 Å². The van der Waals surface area contributed by atoms with Crippen molar-refractivity contribution in [1.82, 2.24) is 4.98 Å². The van der Waals surface area contributed by atoms with E-state index in [1.165, 1.54) is 12.1 Å². The SMILES string of the molecule is CC(Nc1ccc(N2CCOCC2)cn1)c1ccc([N+](=O)[O-])cc1. The van der Waals surface area contributed by atoms with Gasteiger partial charge in [0.15, 0.2) is 0 Å². The summed E-state index contributed by atoms with van der Waals surface area (Å²) in [5.41, 5.74) is 2.16. The second kappa shape index (κ2) is 7.27. The van der Waals surface area contributed by atoms with E-state index in [1.54, 1.807) is 12.1 Å². The maximum Gasteiger partial charge on any atom is 0.269 e. The van der Waals surface area contributed by atoms with Crippen molar-refractivity contribution in [3.63, 3.8) is 0 Å². The number of aromatic nitrogens is 1. The Morgan fingerprint density at radius 1 is 1.21 bits per heavy atom. The number of hydrogen-bond donors (Lipinski definition) is 1. The van der Waals surface area contributed by atoms with Crippen LogP contribution in [-0.2, 0) is 4.74 Å². The van der Waals surface area contributed by atoms with Gasteiger partial charge in [0.25, 0.3) is 5.69 Å². The van der Waals surface area contributed by atoms with E-state index in [0.717, 1.165) is 43.4 Å². The summed E-state index contributed by atoms with van der Waals surface area (Å²) in [4.78, 5) is 17.0. The predicted molar refractivity (Wildman–Crippen MR) is 92.4 cm³/mol. The first-order valence-electron chi connectivity index (χ1n) is 7.93. The Hall–Kier alpha value is -2.67. The molecule has 7 nitrogen and oxygen atoms in total. The van der Waals surface area contributed by atoms with Crippen molar-refractivity contribution in [3.8, 4) is 0 Å². The summed E-state index contributed by atoms with van der Waals surface area (Å²) < 4.78 is 5.35. The summed E-state index contributed by atoms with van der Waals surface area (Å²) in [5, 5.41) is 14.0. The molecule has 1 aliphatic heterocycles. The Kier molecular flexibility index (Phi) is 4.90. The molecule has 0 amide bonds. The van der Waals surface area contributed by atoms with Gasteiger partial charge in [0.2, 0.25) is 0 Å². The molecule has 0 radical (unpaired) electrons. The molecular formula is C17H20N4O3. The van der Waals surface area contributed by atoms with E-state index >= 15 is 0 Å². The predicted octanol–water partition coefficient (Wildman–Crippen LogP) is 3.00. The zero-order chi connectivity index (χ0) is 16.9. The minimum absolute atomic E-state index is 0.00698. The zero-order valence-corrected chi connectivity index (χ0v) is 13.5. The summed E-state index contributed by atoms with van der Waals surface area (Å²) >= 11 is 0. The second-order valence-corrected chi connectivity index (χ2v) is 5.72. The highest BCUT2D eigenvalue weighted by molar-refractivity contribution is 5.50. The van der Waals surface area contributed by atoms with Crippen LogP contribution in [0, 0.1) is 10.1 Å². The third-order valence-electron chi connectivity index (χ3n) is 4.09. The number of nitro benzene ring substituents is 1. The second-order valence-electron chi connectivity index (χ2n) is 5.72. The van der Waals surface area contributed by atoms with Gasteiger partial charge in [0, 0.05) is 31.3 Å². The average molecular weight is 328 g/mol. The molecule has 2 aromatic rings. The van der Waals surface area contributed by atoms with Crippen LogP contribution in [-0.4, -0.2) is 36.2 Å². The number of non-ortho nitro benzene ring substituents is 1. The minimum atomic E-state index is -0.395. The van der Waals surface area contributed by atoms with Crippen LogP contribution < -0.4 is 10.2 Å². The highest BCUT2D eigenvalue weighted by Crippen LogP contribution is 2.22. The molecule has 1 aromatic carbocycles. The van der Waals surface area contributed by atoms with Gasteiger partial charge in [-0.05, 0) is 24.6 Å². The van der Waals surface area contributed by atoms with Gasteiger partial charge in [0.1, 0.15) is 5.82 Å². The fourth-order valence-corrected chi connectivity index (χ4v) is 2.67. The normalized spacial score (nSPS) is 15.8. The Bertz CT molecular complexity index is 682. The van der Waals surface area contributed by atoms with Crippen LogP contribution in [0.25, 0.3) is 0 Å². The Balaban J connectivity index is 1.63. The standard InChI is InChI=1S/C17H20N4O3/c1-13(14-2-4-15(5-3-14)21(22)23)19-17-7-6-16(12-18-17)20-8-10-24-11-9-20/h2-7,12-13H,8-11H2,1H3,(H,18,19). The van der Waals surface area contributed by atoms with Crippen LogP contribution >= 0.6 is 0 Å². The van der Waals surface area contributed by atoms with Crippen LogP contribution in [0.5, 0.6) is 0 Å². The van der Waals surface area contributed by atoms with Crippen molar-refractivity contribution in [3.05, 3.63) is 58.3 Å². The summed E-state index contributed by atoms with van der Waals surface area (Å²) in [6.07, 6.45) is 1.86. The summed E-state index contributed by atoms with van der Waals surface area (Å²) in [7, 11) is 0. The van der Waals surface area contributed by atoms with Crippen molar-refractivity contribution in [2.24, 2.45) is 0 Å². The van der Waals surface area contributed by atoms with Gasteiger partial charge in [-0.15, -0.1) is 0 Å². The van der Waals surface area contributed by atoms with E-state index in [1.807, 2.05) is 25.3 Å². The number of nitrogens with one attached hydrogen (secondary N) is 1. The maximum absolute atomic E-state index is 10.7. The smallest absolute Gasteiger partial charge is 0.269 e. The first-order chi connectivity index (χ1) is 11.6. The molecule has 1 atom stereocenters. The van der Waals surface area contributed by atoms with E-state index < -0.39 is 4.92 Å². The summed E-state index contributed by atoms with van der Waals surface area (Å²) in [6, 6.07) is 10.6. The monoisotopic (exact) mass is 328 g/mol. The molecule has 1 fully saturated rings. The molecule has 1 aliphatic rings. The largest absolute Gasteiger partial charge is 0.378 e. The molecule has 7 heteroatoms. The van der Waals surface area contributed by atoms with Gasteiger partial charge in [-0.3, -0.25) is 10.1 Å². The molecule has 0 bridgehead atoms. The van der Waals surface area contributed by atoms with Crippen LogP contribution in [0.15, 0.2) is 42.6 Å². The molecule has 1 unspecified atom stereocenters. The van der Waals surface area contributed by atoms with Crippen molar-refractivity contribution >= 4 is 17.2 Å². The highest BCUT2D eigenvalue weighted by Gasteiger charge is 2.12. The number of nitrogens with zero attached hydrogens (tertiary/aromatic N) is 3. The molecular weight excluding hydrogens is 308 g/mol. The lowest BCUT2D eigenvalue weighted by molar-refractivity contribution is -0.384. The Labute approximate surface area is 140 Å². The fraction of sp³-hybridized carbons (Fsp3) is 0.353. The highest BCUT2D eigenvalue weighted by atomic mass is 16.6. The zero-order valence-electron chi connectivity index (χ0n) is 13.5. The maximum atomic E-state index is 10.7. The molecule has 0 aliphatic carbocycles. The van der Waals surface area contributed by atoms with Gasteiger partial charge in [0.05, 0.1) is 30.0 Å². The fourth-order valence-electron chi connectivity index (χ4n) is 2.67. The number of benzene rings is 1. The van der Waals surface area contributed by atoms with Crippen LogP contribution in [0.1, 0.15) is 18.5 Å². The lowest BCUT2D eigenvalue weighted by Crippen LogP contribution is -2.36. The first-order valence-corrected chi connectivity index (χ1v) is 7.93. The molecule has 1 N–H and O–H groups in total. The van der Waals surface area contributed by atoms with Crippen LogP contribution in [0.2, 0.25) is 0 Å². The molecule has 1 saturated heterocycles. The van der Waals surface area contributed by atoms with E-state index in [9.17, 15) is 10.1 Å². The lowest BCUT2D eigenvalue weighted by atomic mass is 10.1.